The molecule has 0 spiro atoms. The van der Waals surface area contributed by atoms with Crippen molar-refractivity contribution in [3.63, 3.8) is 0 Å². The number of hydrogen-bond acceptors (Lipinski definition) is 6. The van der Waals surface area contributed by atoms with Gasteiger partial charge in [0.2, 0.25) is 5.89 Å². The predicted molar refractivity (Wildman–Crippen MR) is 112 cm³/mol. The number of aryl methyl sites for hydroxylation is 1. The standard InChI is InChI=1S/C21H18Cl2N4O2/c1-13-18(20(26-29-13)14-7-4-3-5-8-14)21-25-24-17(28-21)12-27(2)11-15-9-6-10-16(22)19(15)23/h3-10H,11-12H2,1-2H3. The van der Waals surface area contributed by atoms with Crippen molar-refractivity contribution in [2.24, 2.45) is 0 Å². The van der Waals surface area contributed by atoms with E-state index in [9.17, 15) is 0 Å². The minimum absolute atomic E-state index is 0.381. The molecule has 0 saturated heterocycles. The van der Waals surface area contributed by atoms with E-state index in [-0.39, 0.29) is 0 Å². The summed E-state index contributed by atoms with van der Waals surface area (Å²) in [4.78, 5) is 2.02. The van der Waals surface area contributed by atoms with E-state index in [4.69, 9.17) is 32.1 Å². The summed E-state index contributed by atoms with van der Waals surface area (Å²) < 4.78 is 11.3. The second-order valence-electron chi connectivity index (χ2n) is 6.71. The van der Waals surface area contributed by atoms with Gasteiger partial charge >= 0.3 is 0 Å². The van der Waals surface area contributed by atoms with Gasteiger partial charge in [0, 0.05) is 12.1 Å². The molecule has 2 aromatic carbocycles. The molecule has 148 valence electrons. The minimum Gasteiger partial charge on any atom is -0.419 e. The van der Waals surface area contributed by atoms with Crippen molar-refractivity contribution in [3.05, 3.63) is 75.8 Å². The van der Waals surface area contributed by atoms with E-state index in [1.807, 2.05) is 61.3 Å². The van der Waals surface area contributed by atoms with Crippen LogP contribution in [0.2, 0.25) is 10.0 Å². The van der Waals surface area contributed by atoms with Crippen LogP contribution in [-0.4, -0.2) is 27.3 Å². The van der Waals surface area contributed by atoms with Crippen molar-refractivity contribution in [3.8, 4) is 22.7 Å². The third kappa shape index (κ3) is 4.19. The number of rotatable bonds is 6. The first-order valence-corrected chi connectivity index (χ1v) is 9.74. The third-order valence-electron chi connectivity index (χ3n) is 4.47. The van der Waals surface area contributed by atoms with Gasteiger partial charge in [0.15, 0.2) is 0 Å². The minimum atomic E-state index is 0.381. The summed E-state index contributed by atoms with van der Waals surface area (Å²) in [6, 6.07) is 15.3. The lowest BCUT2D eigenvalue weighted by atomic mass is 10.1. The average Bonchev–Trinajstić information content (AvgIpc) is 3.32. The lowest BCUT2D eigenvalue weighted by Crippen LogP contribution is -2.17. The molecule has 4 aromatic rings. The molecule has 29 heavy (non-hydrogen) atoms. The molecule has 0 unspecified atom stereocenters. The largest absolute Gasteiger partial charge is 0.419 e. The lowest BCUT2D eigenvalue weighted by Gasteiger charge is -2.15. The number of benzene rings is 2. The number of halogens is 2. The van der Waals surface area contributed by atoms with Crippen molar-refractivity contribution in [1.82, 2.24) is 20.3 Å². The average molecular weight is 429 g/mol. The van der Waals surface area contributed by atoms with Gasteiger partial charge in [-0.2, -0.15) is 0 Å². The first-order valence-electron chi connectivity index (χ1n) is 8.99. The Morgan fingerprint density at radius 3 is 2.55 bits per heavy atom. The summed E-state index contributed by atoms with van der Waals surface area (Å²) in [6.45, 7) is 2.88. The Hall–Kier alpha value is -2.67. The molecule has 2 heterocycles. The highest BCUT2D eigenvalue weighted by Crippen LogP contribution is 2.33. The molecule has 0 fully saturated rings. The molecule has 0 bridgehead atoms. The Morgan fingerprint density at radius 1 is 0.966 bits per heavy atom. The Bertz CT molecular complexity index is 1120. The second-order valence-corrected chi connectivity index (χ2v) is 7.50. The highest BCUT2D eigenvalue weighted by Gasteiger charge is 2.22. The van der Waals surface area contributed by atoms with Gasteiger partial charge in [0.25, 0.3) is 5.89 Å². The van der Waals surface area contributed by atoms with Crippen LogP contribution in [0.4, 0.5) is 0 Å². The van der Waals surface area contributed by atoms with Crippen LogP contribution in [0.5, 0.6) is 0 Å². The van der Waals surface area contributed by atoms with Crippen molar-refractivity contribution >= 4 is 23.2 Å². The van der Waals surface area contributed by atoms with E-state index < -0.39 is 0 Å². The SMILES string of the molecule is Cc1onc(-c2ccccc2)c1-c1nnc(CN(C)Cc2cccc(Cl)c2Cl)o1. The molecular formula is C21H18Cl2N4O2. The topological polar surface area (TPSA) is 68.2 Å². The van der Waals surface area contributed by atoms with Crippen LogP contribution in [0, 0.1) is 6.92 Å². The summed E-state index contributed by atoms with van der Waals surface area (Å²) >= 11 is 12.4. The van der Waals surface area contributed by atoms with Crippen molar-refractivity contribution in [1.29, 1.82) is 0 Å². The zero-order valence-corrected chi connectivity index (χ0v) is 17.4. The second kappa shape index (κ2) is 8.37. The fourth-order valence-electron chi connectivity index (χ4n) is 3.08. The van der Waals surface area contributed by atoms with Gasteiger partial charge < -0.3 is 8.94 Å². The van der Waals surface area contributed by atoms with E-state index >= 15 is 0 Å². The van der Waals surface area contributed by atoms with Crippen molar-refractivity contribution in [2.45, 2.75) is 20.0 Å². The Labute approximate surface area is 178 Å². The molecule has 0 aliphatic rings. The summed E-state index contributed by atoms with van der Waals surface area (Å²) in [5, 5.41) is 13.6. The van der Waals surface area contributed by atoms with Gasteiger partial charge in [-0.05, 0) is 25.6 Å². The molecule has 4 rings (SSSR count). The number of hydrogen-bond donors (Lipinski definition) is 0. The van der Waals surface area contributed by atoms with Gasteiger partial charge in [-0.3, -0.25) is 4.90 Å². The van der Waals surface area contributed by atoms with Gasteiger partial charge in [0.05, 0.1) is 16.6 Å². The molecule has 0 N–H and O–H groups in total. The van der Waals surface area contributed by atoms with Crippen LogP contribution < -0.4 is 0 Å². The van der Waals surface area contributed by atoms with Gasteiger partial charge in [-0.1, -0.05) is 70.8 Å². The third-order valence-corrected chi connectivity index (χ3v) is 5.33. The Kier molecular flexibility index (Phi) is 5.67. The van der Waals surface area contributed by atoms with E-state index in [1.54, 1.807) is 6.07 Å². The smallest absolute Gasteiger partial charge is 0.253 e. The fraction of sp³-hybridized carbons (Fsp3) is 0.190. The molecule has 0 aliphatic carbocycles. The number of nitrogens with zero attached hydrogens (tertiary/aromatic N) is 4. The van der Waals surface area contributed by atoms with Crippen LogP contribution >= 0.6 is 23.2 Å². The van der Waals surface area contributed by atoms with Gasteiger partial charge in [-0.15, -0.1) is 10.2 Å². The predicted octanol–water partition coefficient (Wildman–Crippen LogP) is 5.64. The molecule has 6 nitrogen and oxygen atoms in total. The first-order chi connectivity index (χ1) is 14.0. The molecule has 0 atom stereocenters. The van der Waals surface area contributed by atoms with E-state index in [1.165, 1.54) is 0 Å². The summed E-state index contributed by atoms with van der Waals surface area (Å²) in [6.07, 6.45) is 0. The maximum Gasteiger partial charge on any atom is 0.253 e. The Balaban J connectivity index is 1.54. The van der Waals surface area contributed by atoms with Crippen LogP contribution in [-0.2, 0) is 13.1 Å². The molecule has 2 aromatic heterocycles. The Morgan fingerprint density at radius 2 is 1.76 bits per heavy atom. The van der Waals surface area contributed by atoms with E-state index in [0.717, 1.165) is 11.1 Å². The van der Waals surface area contributed by atoms with Crippen LogP contribution in [0.1, 0.15) is 17.2 Å². The summed E-state index contributed by atoms with van der Waals surface area (Å²) in [5.74, 6) is 1.49. The monoisotopic (exact) mass is 428 g/mol. The van der Waals surface area contributed by atoms with Crippen molar-refractivity contribution < 1.29 is 8.94 Å². The first kappa shape index (κ1) is 19.6. The zero-order valence-electron chi connectivity index (χ0n) is 15.9. The van der Waals surface area contributed by atoms with Crippen molar-refractivity contribution in [2.75, 3.05) is 7.05 Å². The van der Waals surface area contributed by atoms with Crippen LogP contribution in [0.3, 0.4) is 0 Å². The summed E-state index contributed by atoms with van der Waals surface area (Å²) in [5.41, 5.74) is 3.24. The summed E-state index contributed by atoms with van der Waals surface area (Å²) in [7, 11) is 1.95. The maximum absolute atomic E-state index is 6.28. The molecule has 0 amide bonds. The maximum atomic E-state index is 6.28. The van der Waals surface area contributed by atoms with Crippen LogP contribution in [0.25, 0.3) is 22.7 Å². The van der Waals surface area contributed by atoms with Crippen LogP contribution in [0.15, 0.2) is 57.5 Å². The normalized spacial score (nSPS) is 11.3. The lowest BCUT2D eigenvalue weighted by molar-refractivity contribution is 0.283. The highest BCUT2D eigenvalue weighted by molar-refractivity contribution is 6.42. The van der Waals surface area contributed by atoms with E-state index in [0.29, 0.717) is 51.9 Å². The molecule has 0 radical (unpaired) electrons. The fourth-order valence-corrected chi connectivity index (χ4v) is 3.46. The highest BCUT2D eigenvalue weighted by atomic mass is 35.5. The number of aromatic nitrogens is 3. The van der Waals surface area contributed by atoms with Gasteiger partial charge in [0.1, 0.15) is 17.0 Å². The van der Waals surface area contributed by atoms with Gasteiger partial charge in [-0.25, -0.2) is 0 Å². The quantitative estimate of drug-likeness (QED) is 0.395. The molecule has 8 heteroatoms. The molecule has 0 aliphatic heterocycles. The molecule has 0 saturated carbocycles. The zero-order chi connectivity index (χ0) is 20.4. The van der Waals surface area contributed by atoms with E-state index in [2.05, 4.69) is 15.4 Å². The molecular weight excluding hydrogens is 411 g/mol.